The van der Waals surface area contributed by atoms with Crippen LogP contribution in [0.1, 0.15) is 5.56 Å². The smallest absolute Gasteiger partial charge is 0.324 e. The first kappa shape index (κ1) is 12.8. The summed E-state index contributed by atoms with van der Waals surface area (Å²) in [6.45, 7) is 0. The van der Waals surface area contributed by atoms with Gasteiger partial charge in [-0.15, -0.1) is 11.6 Å². The van der Waals surface area contributed by atoms with Crippen LogP contribution in [0.25, 0.3) is 0 Å². The molecule has 1 atom stereocenters. The SMILES string of the molecule is COC(=O)C(Cl)Cc1ccc(F)c(F)c1F. The van der Waals surface area contributed by atoms with Gasteiger partial charge in [0.15, 0.2) is 17.5 Å². The zero-order chi connectivity index (χ0) is 12.3. The molecule has 0 aliphatic rings. The Hall–Kier alpha value is -1.23. The van der Waals surface area contributed by atoms with E-state index in [1.165, 1.54) is 0 Å². The molecule has 0 aliphatic carbocycles. The molecule has 0 bridgehead atoms. The highest BCUT2D eigenvalue weighted by atomic mass is 35.5. The van der Waals surface area contributed by atoms with Crippen LogP contribution in [-0.2, 0) is 16.0 Å². The van der Waals surface area contributed by atoms with Crippen LogP contribution in [0.3, 0.4) is 0 Å². The first-order valence-electron chi connectivity index (χ1n) is 4.31. The number of methoxy groups -OCH3 is 1. The standard InChI is InChI=1S/C10H8ClF3O2/c1-16-10(15)6(11)4-5-2-3-7(12)9(14)8(5)13/h2-3,6H,4H2,1H3. The molecule has 1 aromatic rings. The maximum atomic E-state index is 13.2. The molecule has 0 saturated heterocycles. The Bertz CT molecular complexity index is 409. The number of carbonyl (C=O) groups excluding carboxylic acids is 1. The second kappa shape index (κ2) is 5.21. The lowest BCUT2D eigenvalue weighted by Gasteiger charge is -2.08. The fraction of sp³-hybridized carbons (Fsp3) is 0.300. The number of ether oxygens (including phenoxy) is 1. The van der Waals surface area contributed by atoms with Crippen LogP contribution in [0.4, 0.5) is 13.2 Å². The van der Waals surface area contributed by atoms with Crippen LogP contribution >= 0.6 is 11.6 Å². The highest BCUT2D eigenvalue weighted by Crippen LogP contribution is 2.18. The molecule has 0 saturated carbocycles. The fourth-order valence-electron chi connectivity index (χ4n) is 1.13. The van der Waals surface area contributed by atoms with Gasteiger partial charge in [-0.1, -0.05) is 6.07 Å². The van der Waals surface area contributed by atoms with E-state index < -0.39 is 28.8 Å². The monoisotopic (exact) mass is 252 g/mol. The molecule has 0 fully saturated rings. The molecule has 0 amide bonds. The average molecular weight is 253 g/mol. The van der Waals surface area contributed by atoms with Crippen molar-refractivity contribution in [1.82, 2.24) is 0 Å². The molecule has 16 heavy (non-hydrogen) atoms. The molecular formula is C10H8ClF3O2. The predicted octanol–water partition coefficient (Wildman–Crippen LogP) is 2.43. The Morgan fingerprint density at radius 1 is 1.38 bits per heavy atom. The lowest BCUT2D eigenvalue weighted by molar-refractivity contribution is -0.140. The van der Waals surface area contributed by atoms with Gasteiger partial charge in [0.25, 0.3) is 0 Å². The van der Waals surface area contributed by atoms with Crippen LogP contribution in [0, 0.1) is 17.5 Å². The van der Waals surface area contributed by atoms with Crippen molar-refractivity contribution in [2.24, 2.45) is 0 Å². The maximum absolute atomic E-state index is 13.2. The zero-order valence-corrected chi connectivity index (χ0v) is 9.02. The van der Waals surface area contributed by atoms with Crippen molar-refractivity contribution in [3.05, 3.63) is 35.1 Å². The number of alkyl halides is 1. The maximum Gasteiger partial charge on any atom is 0.324 e. The van der Waals surface area contributed by atoms with Crippen molar-refractivity contribution < 1.29 is 22.7 Å². The first-order valence-corrected chi connectivity index (χ1v) is 4.75. The van der Waals surface area contributed by atoms with Crippen molar-refractivity contribution >= 4 is 17.6 Å². The second-order valence-electron chi connectivity index (χ2n) is 3.03. The largest absolute Gasteiger partial charge is 0.468 e. The topological polar surface area (TPSA) is 26.3 Å². The van der Waals surface area contributed by atoms with Crippen molar-refractivity contribution in [3.8, 4) is 0 Å². The highest BCUT2D eigenvalue weighted by Gasteiger charge is 2.21. The van der Waals surface area contributed by atoms with E-state index in [1.807, 2.05) is 0 Å². The summed E-state index contributed by atoms with van der Waals surface area (Å²) in [5.41, 5.74) is -0.177. The lowest BCUT2D eigenvalue weighted by Crippen LogP contribution is -2.19. The summed E-state index contributed by atoms with van der Waals surface area (Å²) >= 11 is 5.57. The number of hydrogen-bond donors (Lipinski definition) is 0. The van der Waals surface area contributed by atoms with Gasteiger partial charge < -0.3 is 4.74 Å². The van der Waals surface area contributed by atoms with Crippen LogP contribution in [0.5, 0.6) is 0 Å². The van der Waals surface area contributed by atoms with Crippen LogP contribution in [-0.4, -0.2) is 18.5 Å². The quantitative estimate of drug-likeness (QED) is 0.469. The van der Waals surface area contributed by atoms with E-state index in [9.17, 15) is 18.0 Å². The highest BCUT2D eigenvalue weighted by molar-refractivity contribution is 6.30. The molecule has 6 heteroatoms. The van der Waals surface area contributed by atoms with Gasteiger partial charge in [0.2, 0.25) is 0 Å². The molecule has 1 unspecified atom stereocenters. The van der Waals surface area contributed by atoms with Gasteiger partial charge >= 0.3 is 5.97 Å². The van der Waals surface area contributed by atoms with Crippen molar-refractivity contribution in [1.29, 1.82) is 0 Å². The molecule has 0 N–H and O–H groups in total. The molecule has 0 aliphatic heterocycles. The van der Waals surface area contributed by atoms with E-state index in [4.69, 9.17) is 11.6 Å². The summed E-state index contributed by atoms with van der Waals surface area (Å²) in [6.07, 6.45) is -0.267. The third kappa shape index (κ3) is 2.66. The van der Waals surface area contributed by atoms with Gasteiger partial charge in [0, 0.05) is 6.42 Å². The van der Waals surface area contributed by atoms with Crippen molar-refractivity contribution in [3.63, 3.8) is 0 Å². The molecule has 0 aromatic heterocycles. The van der Waals surface area contributed by atoms with E-state index >= 15 is 0 Å². The van der Waals surface area contributed by atoms with Gasteiger partial charge in [0.1, 0.15) is 5.38 Å². The number of rotatable bonds is 3. The van der Waals surface area contributed by atoms with E-state index in [1.54, 1.807) is 0 Å². The summed E-state index contributed by atoms with van der Waals surface area (Å²) in [7, 11) is 1.12. The van der Waals surface area contributed by atoms with Gasteiger partial charge in [-0.2, -0.15) is 0 Å². The minimum Gasteiger partial charge on any atom is -0.468 e. The number of esters is 1. The average Bonchev–Trinajstić information content (AvgIpc) is 2.28. The van der Waals surface area contributed by atoms with E-state index in [2.05, 4.69) is 4.74 Å². The third-order valence-corrected chi connectivity index (χ3v) is 2.30. The molecule has 1 aromatic carbocycles. The van der Waals surface area contributed by atoms with Crippen LogP contribution in [0.2, 0.25) is 0 Å². The van der Waals surface area contributed by atoms with Gasteiger partial charge in [-0.05, 0) is 11.6 Å². The Balaban J connectivity index is 2.90. The Kier molecular flexibility index (Phi) is 4.18. The predicted molar refractivity (Wildman–Crippen MR) is 51.7 cm³/mol. The number of hydrogen-bond acceptors (Lipinski definition) is 2. The van der Waals surface area contributed by atoms with Crippen LogP contribution < -0.4 is 0 Å². The minimum absolute atomic E-state index is 0.177. The third-order valence-electron chi connectivity index (χ3n) is 1.97. The normalized spacial score (nSPS) is 12.3. The molecule has 0 radical (unpaired) electrons. The Morgan fingerprint density at radius 3 is 2.56 bits per heavy atom. The van der Waals surface area contributed by atoms with Crippen molar-refractivity contribution in [2.75, 3.05) is 7.11 Å². The molecule has 2 nitrogen and oxygen atoms in total. The van der Waals surface area contributed by atoms with Gasteiger partial charge in [-0.3, -0.25) is 4.79 Å². The van der Waals surface area contributed by atoms with Gasteiger partial charge in [0.05, 0.1) is 7.11 Å². The van der Waals surface area contributed by atoms with E-state index in [0.717, 1.165) is 19.2 Å². The summed E-state index contributed by atoms with van der Waals surface area (Å²) in [4.78, 5) is 10.9. The molecule has 0 spiro atoms. The molecule has 88 valence electrons. The number of carbonyl (C=O) groups is 1. The second-order valence-corrected chi connectivity index (χ2v) is 3.56. The Morgan fingerprint density at radius 2 is 2.00 bits per heavy atom. The van der Waals surface area contributed by atoms with Crippen molar-refractivity contribution in [2.45, 2.75) is 11.8 Å². The first-order chi connectivity index (χ1) is 7.47. The Labute approximate surface area is 95.0 Å². The van der Waals surface area contributed by atoms with Crippen LogP contribution in [0.15, 0.2) is 12.1 Å². The van der Waals surface area contributed by atoms with Gasteiger partial charge in [-0.25, -0.2) is 13.2 Å². The lowest BCUT2D eigenvalue weighted by atomic mass is 10.1. The summed E-state index contributed by atoms with van der Waals surface area (Å²) in [5, 5.41) is -1.13. The summed E-state index contributed by atoms with van der Waals surface area (Å²) in [5.74, 6) is -4.96. The number of halogens is 4. The molecular weight excluding hydrogens is 245 g/mol. The van der Waals surface area contributed by atoms with E-state index in [0.29, 0.717) is 0 Å². The zero-order valence-electron chi connectivity index (χ0n) is 8.27. The number of benzene rings is 1. The summed E-state index contributed by atoms with van der Waals surface area (Å²) in [6, 6.07) is 1.81. The van der Waals surface area contributed by atoms with E-state index in [-0.39, 0.29) is 12.0 Å². The fourth-order valence-corrected chi connectivity index (χ4v) is 1.38. The summed E-state index contributed by atoms with van der Waals surface area (Å²) < 4.78 is 42.9. The minimum atomic E-state index is -1.58. The molecule has 0 heterocycles. The molecule has 1 rings (SSSR count).